The Morgan fingerprint density at radius 2 is 1.96 bits per heavy atom. The summed E-state index contributed by atoms with van der Waals surface area (Å²) in [5, 5.41) is 3.16. The molecule has 2 aromatic rings. The summed E-state index contributed by atoms with van der Waals surface area (Å²) in [6.45, 7) is 3.82. The van der Waals surface area contributed by atoms with Crippen LogP contribution in [0.2, 0.25) is 5.02 Å². The number of benzene rings is 2. The monoisotopic (exact) mass is 452 g/mol. The summed E-state index contributed by atoms with van der Waals surface area (Å²) >= 11 is 9.28. The molecular weight excluding hydrogens is 432 g/mol. The first-order valence-electron chi connectivity index (χ1n) is 8.47. The van der Waals surface area contributed by atoms with Crippen molar-refractivity contribution in [1.82, 2.24) is 10.2 Å². The Bertz CT molecular complexity index is 829. The number of likely N-dealkylation sites (N-methyl/N-ethyl adjacent to an activating group) is 1. The summed E-state index contributed by atoms with van der Waals surface area (Å²) in [4.78, 5) is 26.5. The SMILES string of the molecule is CNC(=O)C(C)N(Cc1ccccc1C)C(=O)COc1ccc(Cl)cc1Br. The molecule has 0 aliphatic rings. The lowest BCUT2D eigenvalue weighted by Gasteiger charge is -2.29. The zero-order valence-corrected chi connectivity index (χ0v) is 17.8. The molecular formula is C20H22BrClN2O3. The van der Waals surface area contributed by atoms with E-state index in [1.165, 1.54) is 4.90 Å². The summed E-state index contributed by atoms with van der Waals surface area (Å²) in [6.07, 6.45) is 0. The second-order valence-electron chi connectivity index (χ2n) is 6.10. The van der Waals surface area contributed by atoms with Gasteiger partial charge in [-0.25, -0.2) is 0 Å². The van der Waals surface area contributed by atoms with Gasteiger partial charge in [0.1, 0.15) is 11.8 Å². The Morgan fingerprint density at radius 1 is 1.26 bits per heavy atom. The molecule has 0 saturated heterocycles. The molecule has 0 heterocycles. The molecule has 2 rings (SSSR count). The van der Waals surface area contributed by atoms with E-state index in [1.807, 2.05) is 31.2 Å². The molecule has 0 spiro atoms. The molecule has 0 bridgehead atoms. The first-order chi connectivity index (χ1) is 12.8. The van der Waals surface area contributed by atoms with Crippen molar-refractivity contribution in [2.75, 3.05) is 13.7 Å². The van der Waals surface area contributed by atoms with Crippen molar-refractivity contribution in [2.24, 2.45) is 0 Å². The number of carbonyl (C=O) groups excluding carboxylic acids is 2. The number of rotatable bonds is 7. The molecule has 7 heteroatoms. The van der Waals surface area contributed by atoms with Crippen molar-refractivity contribution < 1.29 is 14.3 Å². The largest absolute Gasteiger partial charge is 0.483 e. The van der Waals surface area contributed by atoms with Crippen LogP contribution in [-0.4, -0.2) is 36.4 Å². The van der Waals surface area contributed by atoms with Crippen molar-refractivity contribution in [3.05, 3.63) is 63.1 Å². The highest BCUT2D eigenvalue weighted by Crippen LogP contribution is 2.28. The summed E-state index contributed by atoms with van der Waals surface area (Å²) in [6, 6.07) is 12.2. The van der Waals surface area contributed by atoms with Gasteiger partial charge >= 0.3 is 0 Å². The van der Waals surface area contributed by atoms with Gasteiger partial charge in [0, 0.05) is 18.6 Å². The van der Waals surface area contributed by atoms with Crippen molar-refractivity contribution in [3.8, 4) is 5.75 Å². The Hall–Kier alpha value is -2.05. The lowest BCUT2D eigenvalue weighted by molar-refractivity contribution is -0.142. The minimum Gasteiger partial charge on any atom is -0.483 e. The third-order valence-corrected chi connectivity index (χ3v) is 5.12. The van der Waals surface area contributed by atoms with Crippen LogP contribution in [0.4, 0.5) is 0 Å². The highest BCUT2D eigenvalue weighted by atomic mass is 79.9. The maximum Gasteiger partial charge on any atom is 0.261 e. The van der Waals surface area contributed by atoms with E-state index in [2.05, 4.69) is 21.2 Å². The zero-order valence-electron chi connectivity index (χ0n) is 15.5. The molecule has 0 fully saturated rings. The number of ether oxygens (including phenoxy) is 1. The number of hydrogen-bond donors (Lipinski definition) is 1. The van der Waals surface area contributed by atoms with Gasteiger partial charge in [0.2, 0.25) is 5.91 Å². The van der Waals surface area contributed by atoms with E-state index in [0.29, 0.717) is 21.8 Å². The number of amides is 2. The second-order valence-corrected chi connectivity index (χ2v) is 7.39. The van der Waals surface area contributed by atoms with Crippen LogP contribution in [0.25, 0.3) is 0 Å². The molecule has 27 heavy (non-hydrogen) atoms. The molecule has 1 unspecified atom stereocenters. The van der Waals surface area contributed by atoms with Crippen LogP contribution in [0.5, 0.6) is 5.75 Å². The van der Waals surface area contributed by atoms with Crippen LogP contribution in [0.1, 0.15) is 18.1 Å². The predicted molar refractivity (Wildman–Crippen MR) is 110 cm³/mol. The van der Waals surface area contributed by atoms with Gasteiger partial charge in [-0.1, -0.05) is 35.9 Å². The molecule has 0 saturated carbocycles. The van der Waals surface area contributed by atoms with Crippen LogP contribution >= 0.6 is 27.5 Å². The third-order valence-electron chi connectivity index (χ3n) is 4.26. The molecule has 0 aliphatic heterocycles. The Morgan fingerprint density at radius 3 is 2.59 bits per heavy atom. The van der Waals surface area contributed by atoms with Gasteiger partial charge in [0.15, 0.2) is 6.61 Å². The van der Waals surface area contributed by atoms with Gasteiger partial charge in [0.05, 0.1) is 4.47 Å². The van der Waals surface area contributed by atoms with Crippen molar-refractivity contribution >= 4 is 39.3 Å². The van der Waals surface area contributed by atoms with E-state index in [9.17, 15) is 9.59 Å². The van der Waals surface area contributed by atoms with Crippen LogP contribution in [-0.2, 0) is 16.1 Å². The molecule has 2 amide bonds. The topological polar surface area (TPSA) is 58.6 Å². The van der Waals surface area contributed by atoms with Gasteiger partial charge in [-0.3, -0.25) is 9.59 Å². The fraction of sp³-hybridized carbons (Fsp3) is 0.300. The fourth-order valence-corrected chi connectivity index (χ4v) is 3.37. The standard InChI is InChI=1S/C20H22BrClN2O3/c1-13-6-4-5-7-15(13)11-24(14(2)20(26)23-3)19(25)12-27-18-9-8-16(22)10-17(18)21/h4-10,14H,11-12H2,1-3H3,(H,23,26). The molecule has 1 atom stereocenters. The van der Waals surface area contributed by atoms with Gasteiger partial charge in [-0.15, -0.1) is 0 Å². The number of hydrogen-bond acceptors (Lipinski definition) is 3. The summed E-state index contributed by atoms with van der Waals surface area (Å²) in [7, 11) is 1.55. The van der Waals surface area contributed by atoms with Gasteiger partial charge in [-0.05, 0) is 59.1 Å². The van der Waals surface area contributed by atoms with Crippen LogP contribution < -0.4 is 10.1 Å². The lowest BCUT2D eigenvalue weighted by Crippen LogP contribution is -2.48. The number of carbonyl (C=O) groups is 2. The van der Waals surface area contributed by atoms with Gasteiger partial charge < -0.3 is 15.0 Å². The fourth-order valence-electron chi connectivity index (χ4n) is 2.58. The minimum absolute atomic E-state index is 0.187. The van der Waals surface area contributed by atoms with E-state index in [1.54, 1.807) is 32.2 Å². The first kappa shape index (κ1) is 21.3. The number of aryl methyl sites for hydroxylation is 1. The Kier molecular flexibility index (Phi) is 7.68. The highest BCUT2D eigenvalue weighted by Gasteiger charge is 2.26. The number of nitrogens with zero attached hydrogens (tertiary/aromatic N) is 1. The maximum atomic E-state index is 12.9. The zero-order chi connectivity index (χ0) is 20.0. The Balaban J connectivity index is 2.17. The average molecular weight is 454 g/mol. The smallest absolute Gasteiger partial charge is 0.261 e. The summed E-state index contributed by atoms with van der Waals surface area (Å²) in [5.74, 6) is -0.00278. The molecule has 5 nitrogen and oxygen atoms in total. The lowest BCUT2D eigenvalue weighted by atomic mass is 10.1. The molecule has 1 N–H and O–H groups in total. The highest BCUT2D eigenvalue weighted by molar-refractivity contribution is 9.10. The molecule has 0 aliphatic carbocycles. The van der Waals surface area contributed by atoms with Crippen molar-refractivity contribution in [2.45, 2.75) is 26.4 Å². The number of nitrogens with one attached hydrogen (secondary N) is 1. The van der Waals surface area contributed by atoms with Crippen molar-refractivity contribution in [3.63, 3.8) is 0 Å². The maximum absolute atomic E-state index is 12.9. The van der Waals surface area contributed by atoms with E-state index in [-0.39, 0.29) is 18.4 Å². The third kappa shape index (κ3) is 5.71. The van der Waals surface area contributed by atoms with E-state index in [4.69, 9.17) is 16.3 Å². The summed E-state index contributed by atoms with van der Waals surface area (Å²) < 4.78 is 6.30. The quantitative estimate of drug-likeness (QED) is 0.690. The first-order valence-corrected chi connectivity index (χ1v) is 9.64. The van der Waals surface area contributed by atoms with Gasteiger partial charge in [0.25, 0.3) is 5.91 Å². The summed E-state index contributed by atoms with van der Waals surface area (Å²) in [5.41, 5.74) is 2.04. The van der Waals surface area contributed by atoms with E-state index >= 15 is 0 Å². The predicted octanol–water partition coefficient (Wildman–Crippen LogP) is 3.95. The molecule has 0 radical (unpaired) electrons. The molecule has 144 valence electrons. The number of halogens is 2. The Labute approximate surface area is 172 Å². The molecule has 2 aromatic carbocycles. The normalized spacial score (nSPS) is 11.6. The van der Waals surface area contributed by atoms with E-state index in [0.717, 1.165) is 11.1 Å². The van der Waals surface area contributed by atoms with Crippen molar-refractivity contribution in [1.29, 1.82) is 0 Å². The van der Waals surface area contributed by atoms with Crippen LogP contribution in [0.15, 0.2) is 46.9 Å². The van der Waals surface area contributed by atoms with Gasteiger partial charge in [-0.2, -0.15) is 0 Å². The van der Waals surface area contributed by atoms with Crippen LogP contribution in [0, 0.1) is 6.92 Å². The van der Waals surface area contributed by atoms with E-state index < -0.39 is 6.04 Å². The van der Waals surface area contributed by atoms with Crippen LogP contribution in [0.3, 0.4) is 0 Å². The average Bonchev–Trinajstić information content (AvgIpc) is 2.65. The minimum atomic E-state index is -0.626. The molecule has 0 aromatic heterocycles. The second kappa shape index (κ2) is 9.76.